The number of rotatable bonds is 2. The van der Waals surface area contributed by atoms with Crippen LogP contribution in [-0.4, -0.2) is 46.9 Å². The lowest BCUT2D eigenvalue weighted by Gasteiger charge is -2.32. The number of benzene rings is 1. The van der Waals surface area contributed by atoms with Gasteiger partial charge in [0.05, 0.1) is 19.1 Å². The summed E-state index contributed by atoms with van der Waals surface area (Å²) in [6.45, 7) is 0. The van der Waals surface area contributed by atoms with Crippen LogP contribution in [-0.2, 0) is 0 Å². The standard InChI is InChI=1S/C13H10F6N2O3/c1-24-8-5-3-2-4-7(8)10(22)21-11(23,13(17,18)19)6-9(20-21)12(14,15)16/h2-5,23H,6H2,1H3. The minimum Gasteiger partial charge on any atom is -0.496 e. The molecule has 1 aliphatic rings. The minimum atomic E-state index is -5.55. The first kappa shape index (κ1) is 18.0. The highest BCUT2D eigenvalue weighted by Gasteiger charge is 2.66. The average molecular weight is 356 g/mol. The van der Waals surface area contributed by atoms with Gasteiger partial charge >= 0.3 is 12.4 Å². The molecule has 0 saturated heterocycles. The van der Waals surface area contributed by atoms with Crippen LogP contribution in [0.15, 0.2) is 29.4 Å². The first-order valence-electron chi connectivity index (χ1n) is 6.33. The van der Waals surface area contributed by atoms with Crippen molar-refractivity contribution in [2.75, 3.05) is 7.11 Å². The zero-order chi connectivity index (χ0) is 18.3. The molecule has 0 aliphatic carbocycles. The van der Waals surface area contributed by atoms with Gasteiger partial charge in [0, 0.05) is 0 Å². The summed E-state index contributed by atoms with van der Waals surface area (Å²) in [4.78, 5) is 12.3. The van der Waals surface area contributed by atoms with Gasteiger partial charge in [0.1, 0.15) is 11.5 Å². The Bertz CT molecular complexity index is 685. The topological polar surface area (TPSA) is 62.1 Å². The summed E-state index contributed by atoms with van der Waals surface area (Å²) in [7, 11) is 1.12. The van der Waals surface area contributed by atoms with E-state index in [4.69, 9.17) is 4.74 Å². The van der Waals surface area contributed by atoms with Crippen LogP contribution in [0.25, 0.3) is 0 Å². The van der Waals surface area contributed by atoms with Gasteiger partial charge in [-0.3, -0.25) is 4.79 Å². The maximum Gasteiger partial charge on any atom is 0.438 e. The fraction of sp³-hybridized carbons (Fsp3) is 0.385. The van der Waals surface area contributed by atoms with Crippen molar-refractivity contribution >= 4 is 11.6 Å². The van der Waals surface area contributed by atoms with Gasteiger partial charge in [-0.05, 0) is 12.1 Å². The van der Waals surface area contributed by atoms with E-state index in [0.29, 0.717) is 0 Å². The van der Waals surface area contributed by atoms with Crippen molar-refractivity contribution in [3.8, 4) is 5.75 Å². The molecule has 0 aromatic heterocycles. The molecular weight excluding hydrogens is 346 g/mol. The Morgan fingerprint density at radius 2 is 1.83 bits per heavy atom. The molecule has 1 atom stereocenters. The molecule has 1 N–H and O–H groups in total. The molecule has 1 aromatic carbocycles. The summed E-state index contributed by atoms with van der Waals surface area (Å²) in [5, 5.41) is 11.8. The Morgan fingerprint density at radius 3 is 2.33 bits per heavy atom. The lowest BCUT2D eigenvalue weighted by Crippen LogP contribution is -2.56. The maximum absolute atomic E-state index is 13.1. The third kappa shape index (κ3) is 2.90. The number of ether oxygens (including phenoxy) is 1. The molecule has 24 heavy (non-hydrogen) atoms. The van der Waals surface area contributed by atoms with Gasteiger partial charge in [0.2, 0.25) is 0 Å². The molecule has 11 heteroatoms. The fourth-order valence-electron chi connectivity index (χ4n) is 2.07. The molecule has 132 valence electrons. The van der Waals surface area contributed by atoms with Gasteiger partial charge in [-0.2, -0.15) is 36.5 Å². The summed E-state index contributed by atoms with van der Waals surface area (Å²) in [6, 6.07) is 4.94. The maximum atomic E-state index is 13.1. The summed E-state index contributed by atoms with van der Waals surface area (Å²) in [5.41, 5.74) is -6.49. The van der Waals surface area contributed by atoms with E-state index in [1.54, 1.807) is 0 Å². The Balaban J connectivity index is 2.54. The minimum absolute atomic E-state index is 0.178. The number of methoxy groups -OCH3 is 1. The molecule has 0 saturated carbocycles. The van der Waals surface area contributed by atoms with Gasteiger partial charge in [0.15, 0.2) is 0 Å². The number of alkyl halides is 6. The molecule has 0 fully saturated rings. The van der Waals surface area contributed by atoms with Crippen LogP contribution in [0, 0.1) is 0 Å². The number of halogens is 6. The molecule has 0 spiro atoms. The quantitative estimate of drug-likeness (QED) is 0.829. The van der Waals surface area contributed by atoms with Crippen molar-refractivity contribution in [2.24, 2.45) is 5.10 Å². The molecule has 0 bridgehead atoms. The highest BCUT2D eigenvalue weighted by molar-refractivity contribution is 6.01. The largest absolute Gasteiger partial charge is 0.496 e. The van der Waals surface area contributed by atoms with Gasteiger partial charge < -0.3 is 9.84 Å². The van der Waals surface area contributed by atoms with Crippen LogP contribution in [0.1, 0.15) is 16.8 Å². The normalized spacial score (nSPS) is 21.7. The number of carbonyl (C=O) groups is 1. The third-order valence-electron chi connectivity index (χ3n) is 3.30. The molecule has 2 rings (SSSR count). The average Bonchev–Trinajstić information content (AvgIpc) is 2.85. The second kappa shape index (κ2) is 5.65. The highest BCUT2D eigenvalue weighted by Crippen LogP contribution is 2.44. The van der Waals surface area contributed by atoms with Crippen LogP contribution in [0.2, 0.25) is 0 Å². The monoisotopic (exact) mass is 356 g/mol. The summed E-state index contributed by atoms with van der Waals surface area (Å²) in [6.07, 6.45) is -12.7. The Labute approximate surface area is 131 Å². The third-order valence-corrected chi connectivity index (χ3v) is 3.30. The lowest BCUT2D eigenvalue weighted by atomic mass is 10.0. The Morgan fingerprint density at radius 1 is 1.25 bits per heavy atom. The van der Waals surface area contributed by atoms with Crippen LogP contribution in [0.4, 0.5) is 26.3 Å². The van der Waals surface area contributed by atoms with Crippen LogP contribution < -0.4 is 4.74 Å². The number of nitrogens with zero attached hydrogens (tertiary/aromatic N) is 2. The van der Waals surface area contributed by atoms with E-state index in [1.165, 1.54) is 18.2 Å². The predicted octanol–water partition coefficient (Wildman–Crippen LogP) is 2.71. The zero-order valence-electron chi connectivity index (χ0n) is 11.9. The molecule has 1 aliphatic heterocycles. The molecule has 1 aromatic rings. The number of hydrazone groups is 1. The van der Waals surface area contributed by atoms with Crippen molar-refractivity contribution in [3.63, 3.8) is 0 Å². The summed E-state index contributed by atoms with van der Waals surface area (Å²) < 4.78 is 82.2. The van der Waals surface area contributed by atoms with E-state index in [1.807, 2.05) is 0 Å². The van der Waals surface area contributed by atoms with Crippen molar-refractivity contribution in [1.29, 1.82) is 0 Å². The van der Waals surface area contributed by atoms with E-state index in [-0.39, 0.29) is 5.75 Å². The Hall–Kier alpha value is -2.30. The number of aliphatic hydroxyl groups is 1. The van der Waals surface area contributed by atoms with Crippen molar-refractivity contribution in [2.45, 2.75) is 24.5 Å². The van der Waals surface area contributed by atoms with Crippen molar-refractivity contribution in [3.05, 3.63) is 29.8 Å². The first-order chi connectivity index (χ1) is 10.9. The number of para-hydroxylation sites is 1. The van der Waals surface area contributed by atoms with E-state index < -0.39 is 46.7 Å². The zero-order valence-corrected chi connectivity index (χ0v) is 11.9. The number of hydrogen-bond acceptors (Lipinski definition) is 4. The van der Waals surface area contributed by atoms with E-state index >= 15 is 0 Å². The van der Waals surface area contributed by atoms with Gasteiger partial charge in [-0.25, -0.2) is 0 Å². The lowest BCUT2D eigenvalue weighted by molar-refractivity contribution is -0.297. The highest BCUT2D eigenvalue weighted by atomic mass is 19.4. The molecule has 0 radical (unpaired) electrons. The van der Waals surface area contributed by atoms with E-state index in [0.717, 1.165) is 13.2 Å². The molecular formula is C13H10F6N2O3. The number of carbonyl (C=O) groups excluding carboxylic acids is 1. The van der Waals surface area contributed by atoms with Gasteiger partial charge in [-0.15, -0.1) is 0 Å². The Kier molecular flexibility index (Phi) is 4.25. The first-order valence-corrected chi connectivity index (χ1v) is 6.33. The van der Waals surface area contributed by atoms with Gasteiger partial charge in [0.25, 0.3) is 11.6 Å². The predicted molar refractivity (Wildman–Crippen MR) is 68.3 cm³/mol. The number of amides is 1. The van der Waals surface area contributed by atoms with Crippen molar-refractivity contribution in [1.82, 2.24) is 5.01 Å². The molecule has 1 heterocycles. The van der Waals surface area contributed by atoms with Gasteiger partial charge in [-0.1, -0.05) is 12.1 Å². The molecule has 1 amide bonds. The SMILES string of the molecule is COc1ccccc1C(=O)N1N=C(C(F)(F)F)CC1(O)C(F)(F)F. The number of hydrogen-bond donors (Lipinski definition) is 1. The summed E-state index contributed by atoms with van der Waals surface area (Å²) in [5.74, 6) is -1.76. The van der Waals surface area contributed by atoms with E-state index in [9.17, 15) is 36.2 Å². The molecule has 5 nitrogen and oxygen atoms in total. The van der Waals surface area contributed by atoms with E-state index in [2.05, 4.69) is 5.10 Å². The molecule has 1 unspecified atom stereocenters. The second-order valence-corrected chi connectivity index (χ2v) is 4.85. The van der Waals surface area contributed by atoms with Crippen molar-refractivity contribution < 1.29 is 41.0 Å². The van der Waals surface area contributed by atoms with Crippen LogP contribution in [0.5, 0.6) is 5.75 Å². The smallest absolute Gasteiger partial charge is 0.438 e. The fourth-order valence-corrected chi connectivity index (χ4v) is 2.07. The van der Waals surface area contributed by atoms with Crippen LogP contribution in [0.3, 0.4) is 0 Å². The second-order valence-electron chi connectivity index (χ2n) is 4.85. The summed E-state index contributed by atoms with van der Waals surface area (Å²) >= 11 is 0. The van der Waals surface area contributed by atoms with Crippen LogP contribution >= 0.6 is 0 Å².